The highest BCUT2D eigenvalue weighted by molar-refractivity contribution is 7.17. The topological polar surface area (TPSA) is 58.1 Å². The average Bonchev–Trinajstić information content (AvgIpc) is 2.92. The van der Waals surface area contributed by atoms with Gasteiger partial charge in [-0.15, -0.1) is 10.2 Å². The van der Waals surface area contributed by atoms with E-state index in [1.54, 1.807) is 0 Å². The first-order chi connectivity index (χ1) is 10.1. The second kappa shape index (κ2) is 7.49. The Hall–Kier alpha value is -1.50. The molecule has 0 saturated heterocycles. The van der Waals surface area contributed by atoms with Crippen molar-refractivity contribution in [3.63, 3.8) is 0 Å². The minimum Gasteiger partial charge on any atom is -0.320 e. The Morgan fingerprint density at radius 2 is 2.10 bits per heavy atom. The van der Waals surface area contributed by atoms with E-state index in [1.807, 2.05) is 18.2 Å². The number of rotatable bonds is 6. The summed E-state index contributed by atoms with van der Waals surface area (Å²) in [6, 6.07) is 7.81. The third kappa shape index (κ3) is 4.49. The summed E-state index contributed by atoms with van der Waals surface area (Å²) >= 11 is 6.74. The molecule has 0 spiro atoms. The van der Waals surface area contributed by atoms with Crippen LogP contribution in [0.1, 0.15) is 29.2 Å². The molecule has 1 aromatic carbocycles. The standard InChI is InChI=1S/C14H17ClN4OS/c1-3-19(4-2)9-10-6-5-7-11(8-10)16-12(20)13-17-18-14(15)21-13/h5-8H,3-4,9H2,1-2H3,(H,16,20). The van der Waals surface area contributed by atoms with E-state index >= 15 is 0 Å². The lowest BCUT2D eigenvalue weighted by molar-refractivity contribution is 0.102. The Morgan fingerprint density at radius 3 is 2.71 bits per heavy atom. The Kier molecular flexibility index (Phi) is 5.67. The number of hydrogen-bond donors (Lipinski definition) is 1. The van der Waals surface area contributed by atoms with Crippen LogP contribution in [0.3, 0.4) is 0 Å². The summed E-state index contributed by atoms with van der Waals surface area (Å²) in [5.74, 6) is -0.292. The number of halogens is 1. The van der Waals surface area contributed by atoms with Gasteiger partial charge in [-0.05, 0) is 42.4 Å². The molecule has 0 aliphatic carbocycles. The lowest BCUT2D eigenvalue weighted by Crippen LogP contribution is -2.22. The van der Waals surface area contributed by atoms with E-state index in [0.717, 1.165) is 42.2 Å². The van der Waals surface area contributed by atoms with Crippen LogP contribution in [0.4, 0.5) is 5.69 Å². The second-order valence-electron chi connectivity index (χ2n) is 4.48. The summed E-state index contributed by atoms with van der Waals surface area (Å²) < 4.78 is 0.260. The van der Waals surface area contributed by atoms with E-state index in [-0.39, 0.29) is 15.4 Å². The summed E-state index contributed by atoms with van der Waals surface area (Å²) in [5.41, 5.74) is 1.91. The molecule has 0 saturated carbocycles. The van der Waals surface area contributed by atoms with Crippen molar-refractivity contribution in [1.29, 1.82) is 0 Å². The van der Waals surface area contributed by atoms with Crippen molar-refractivity contribution in [2.45, 2.75) is 20.4 Å². The van der Waals surface area contributed by atoms with Crippen LogP contribution in [0.5, 0.6) is 0 Å². The molecular formula is C14H17ClN4OS. The highest BCUT2D eigenvalue weighted by atomic mass is 35.5. The Labute approximate surface area is 133 Å². The summed E-state index contributed by atoms with van der Waals surface area (Å²) in [6.07, 6.45) is 0. The molecule has 21 heavy (non-hydrogen) atoms. The van der Waals surface area contributed by atoms with Gasteiger partial charge in [-0.3, -0.25) is 9.69 Å². The third-order valence-corrected chi connectivity index (χ3v) is 4.10. The first-order valence-corrected chi connectivity index (χ1v) is 7.93. The molecular weight excluding hydrogens is 308 g/mol. The van der Waals surface area contributed by atoms with Crippen LogP contribution < -0.4 is 5.32 Å². The van der Waals surface area contributed by atoms with Crippen LogP contribution in [0.15, 0.2) is 24.3 Å². The number of carbonyl (C=O) groups is 1. The Bertz CT molecular complexity index is 613. The molecule has 0 aliphatic heterocycles. The van der Waals surface area contributed by atoms with Gasteiger partial charge in [0.05, 0.1) is 0 Å². The van der Waals surface area contributed by atoms with Crippen LogP contribution in [-0.2, 0) is 6.54 Å². The SMILES string of the molecule is CCN(CC)Cc1cccc(NC(=O)c2nnc(Cl)s2)c1. The number of aromatic nitrogens is 2. The number of nitrogens with zero attached hydrogens (tertiary/aromatic N) is 3. The molecule has 0 fully saturated rings. The fraction of sp³-hybridized carbons (Fsp3) is 0.357. The van der Waals surface area contributed by atoms with Crippen LogP contribution in [-0.4, -0.2) is 34.1 Å². The number of benzene rings is 1. The van der Waals surface area contributed by atoms with Gasteiger partial charge in [0.25, 0.3) is 5.91 Å². The van der Waals surface area contributed by atoms with E-state index in [1.165, 1.54) is 0 Å². The summed E-state index contributed by atoms with van der Waals surface area (Å²) in [7, 11) is 0. The maximum atomic E-state index is 12.0. The minimum absolute atomic E-state index is 0.258. The van der Waals surface area contributed by atoms with E-state index in [0.29, 0.717) is 0 Å². The largest absolute Gasteiger partial charge is 0.320 e. The van der Waals surface area contributed by atoms with Gasteiger partial charge in [-0.1, -0.05) is 37.3 Å². The van der Waals surface area contributed by atoms with Gasteiger partial charge < -0.3 is 5.32 Å². The number of carbonyl (C=O) groups excluding carboxylic acids is 1. The lowest BCUT2D eigenvalue weighted by atomic mass is 10.2. The van der Waals surface area contributed by atoms with Gasteiger partial charge in [0, 0.05) is 12.2 Å². The van der Waals surface area contributed by atoms with Crippen molar-refractivity contribution in [2.24, 2.45) is 0 Å². The second-order valence-corrected chi connectivity index (χ2v) is 6.04. The Morgan fingerprint density at radius 1 is 1.33 bits per heavy atom. The maximum absolute atomic E-state index is 12.0. The molecule has 2 rings (SSSR count). The first-order valence-electron chi connectivity index (χ1n) is 6.74. The van der Waals surface area contributed by atoms with Crippen LogP contribution in [0.2, 0.25) is 4.47 Å². The average molecular weight is 325 g/mol. The van der Waals surface area contributed by atoms with Crippen molar-refractivity contribution >= 4 is 34.5 Å². The summed E-state index contributed by atoms with van der Waals surface area (Å²) in [4.78, 5) is 14.3. The molecule has 0 unspecified atom stereocenters. The van der Waals surface area contributed by atoms with Gasteiger partial charge in [-0.2, -0.15) is 0 Å². The molecule has 0 aliphatic rings. The van der Waals surface area contributed by atoms with E-state index in [2.05, 4.69) is 40.3 Å². The van der Waals surface area contributed by atoms with E-state index in [9.17, 15) is 4.79 Å². The molecule has 2 aromatic rings. The van der Waals surface area contributed by atoms with Crippen molar-refractivity contribution in [3.8, 4) is 0 Å². The molecule has 0 atom stereocenters. The van der Waals surface area contributed by atoms with Crippen molar-refractivity contribution in [3.05, 3.63) is 39.3 Å². The molecule has 1 amide bonds. The minimum atomic E-state index is -0.292. The summed E-state index contributed by atoms with van der Waals surface area (Å²) in [6.45, 7) is 7.12. The number of amides is 1. The van der Waals surface area contributed by atoms with Crippen molar-refractivity contribution < 1.29 is 4.79 Å². The van der Waals surface area contributed by atoms with Gasteiger partial charge in [-0.25, -0.2) is 0 Å². The predicted molar refractivity (Wildman–Crippen MR) is 85.9 cm³/mol. The van der Waals surface area contributed by atoms with E-state index < -0.39 is 0 Å². The first kappa shape index (κ1) is 15.9. The number of nitrogens with one attached hydrogen (secondary N) is 1. The molecule has 112 valence electrons. The molecule has 0 bridgehead atoms. The van der Waals surface area contributed by atoms with Gasteiger partial charge in [0.2, 0.25) is 9.47 Å². The van der Waals surface area contributed by atoms with Crippen molar-refractivity contribution in [1.82, 2.24) is 15.1 Å². The molecule has 1 N–H and O–H groups in total. The highest BCUT2D eigenvalue weighted by Gasteiger charge is 2.12. The number of hydrogen-bond acceptors (Lipinski definition) is 5. The predicted octanol–water partition coefficient (Wildman–Crippen LogP) is 3.29. The van der Waals surface area contributed by atoms with Crippen LogP contribution in [0, 0.1) is 0 Å². The molecule has 1 aromatic heterocycles. The van der Waals surface area contributed by atoms with Crippen molar-refractivity contribution in [2.75, 3.05) is 18.4 Å². The fourth-order valence-electron chi connectivity index (χ4n) is 1.93. The highest BCUT2D eigenvalue weighted by Crippen LogP contribution is 2.18. The normalized spacial score (nSPS) is 10.9. The zero-order valence-corrected chi connectivity index (χ0v) is 13.5. The molecule has 5 nitrogen and oxygen atoms in total. The molecule has 7 heteroatoms. The smallest absolute Gasteiger partial charge is 0.286 e. The fourth-order valence-corrected chi connectivity index (χ4v) is 2.66. The maximum Gasteiger partial charge on any atom is 0.286 e. The van der Waals surface area contributed by atoms with E-state index in [4.69, 9.17) is 11.6 Å². The number of anilines is 1. The monoisotopic (exact) mass is 324 g/mol. The quantitative estimate of drug-likeness (QED) is 0.886. The van der Waals surface area contributed by atoms with Gasteiger partial charge >= 0.3 is 0 Å². The van der Waals surface area contributed by atoms with Gasteiger partial charge in [0.15, 0.2) is 0 Å². The van der Waals surface area contributed by atoms with Crippen LogP contribution in [0.25, 0.3) is 0 Å². The zero-order chi connectivity index (χ0) is 15.2. The third-order valence-electron chi connectivity index (χ3n) is 3.08. The summed E-state index contributed by atoms with van der Waals surface area (Å²) in [5, 5.41) is 10.4. The Balaban J connectivity index is 2.05. The van der Waals surface area contributed by atoms with Crippen LogP contribution >= 0.6 is 22.9 Å². The zero-order valence-electron chi connectivity index (χ0n) is 12.0. The van der Waals surface area contributed by atoms with Gasteiger partial charge in [0.1, 0.15) is 0 Å². The lowest BCUT2D eigenvalue weighted by Gasteiger charge is -2.18. The molecule has 0 radical (unpaired) electrons. The molecule has 1 heterocycles.